The maximum Gasteiger partial charge on any atom is 0.00684 e. The Morgan fingerprint density at radius 2 is 1.65 bits per heavy atom. The van der Waals surface area contributed by atoms with Gasteiger partial charge in [0.15, 0.2) is 0 Å². The normalized spacial score (nSPS) is 31.5. The Morgan fingerprint density at radius 3 is 2.15 bits per heavy atom. The molecular formula is C19H37N. The zero-order chi connectivity index (χ0) is 14.6. The summed E-state index contributed by atoms with van der Waals surface area (Å²) in [4.78, 5) is 0. The fraction of sp³-hybridized carbons (Fsp3) is 1.00. The van der Waals surface area contributed by atoms with Crippen molar-refractivity contribution in [1.82, 2.24) is 5.32 Å². The number of hydrogen-bond donors (Lipinski definition) is 1. The highest BCUT2D eigenvalue weighted by molar-refractivity contribution is 4.92. The van der Waals surface area contributed by atoms with Crippen molar-refractivity contribution in [1.29, 1.82) is 0 Å². The summed E-state index contributed by atoms with van der Waals surface area (Å²) in [5.41, 5.74) is 1.15. The molecule has 0 saturated heterocycles. The highest BCUT2D eigenvalue weighted by Gasteiger charge is 2.39. The molecule has 1 heteroatoms. The smallest absolute Gasteiger partial charge is 0.00684 e. The van der Waals surface area contributed by atoms with Crippen LogP contribution in [0.5, 0.6) is 0 Å². The van der Waals surface area contributed by atoms with Crippen LogP contribution >= 0.6 is 0 Å². The molecule has 0 amide bonds. The molecule has 0 aliphatic heterocycles. The zero-order valence-electron chi connectivity index (χ0n) is 14.4. The minimum atomic E-state index is 0.513. The number of unbranched alkanes of at least 4 members (excludes halogenated alkanes) is 2. The van der Waals surface area contributed by atoms with Crippen molar-refractivity contribution in [2.24, 2.45) is 16.7 Å². The van der Waals surface area contributed by atoms with E-state index in [1.165, 1.54) is 70.8 Å². The number of nitrogens with one attached hydrogen (secondary N) is 1. The molecule has 2 aliphatic rings. The molecule has 0 aromatic rings. The number of hydrogen-bond acceptors (Lipinski definition) is 1. The first-order chi connectivity index (χ1) is 9.45. The maximum atomic E-state index is 3.85. The number of rotatable bonds is 7. The summed E-state index contributed by atoms with van der Waals surface area (Å²) < 4.78 is 0. The molecule has 2 fully saturated rings. The van der Waals surface area contributed by atoms with Gasteiger partial charge < -0.3 is 5.32 Å². The highest BCUT2D eigenvalue weighted by atomic mass is 15.0. The monoisotopic (exact) mass is 279 g/mol. The summed E-state index contributed by atoms with van der Waals surface area (Å²) in [5.74, 6) is 0.947. The van der Waals surface area contributed by atoms with Gasteiger partial charge in [-0.05, 0) is 61.7 Å². The van der Waals surface area contributed by atoms with Crippen LogP contribution < -0.4 is 5.32 Å². The van der Waals surface area contributed by atoms with Gasteiger partial charge in [0.25, 0.3) is 0 Å². The van der Waals surface area contributed by atoms with Crippen LogP contribution in [0.15, 0.2) is 0 Å². The Labute approximate surface area is 127 Å². The summed E-state index contributed by atoms with van der Waals surface area (Å²) >= 11 is 0. The molecular weight excluding hydrogens is 242 g/mol. The van der Waals surface area contributed by atoms with Crippen molar-refractivity contribution in [2.75, 3.05) is 6.54 Å². The van der Waals surface area contributed by atoms with Crippen molar-refractivity contribution >= 4 is 0 Å². The van der Waals surface area contributed by atoms with E-state index in [1.807, 2.05) is 0 Å². The van der Waals surface area contributed by atoms with E-state index in [0.717, 1.165) is 12.0 Å². The summed E-state index contributed by atoms with van der Waals surface area (Å²) in [6, 6.07) is 0.874. The second-order valence-corrected chi connectivity index (χ2v) is 8.75. The lowest BCUT2D eigenvalue weighted by Crippen LogP contribution is -2.40. The van der Waals surface area contributed by atoms with Crippen LogP contribution in [0.2, 0.25) is 0 Å². The molecule has 0 radical (unpaired) electrons. The van der Waals surface area contributed by atoms with Crippen LogP contribution in [-0.2, 0) is 0 Å². The highest BCUT2D eigenvalue weighted by Crippen LogP contribution is 2.47. The van der Waals surface area contributed by atoms with Crippen molar-refractivity contribution in [3.05, 3.63) is 0 Å². The van der Waals surface area contributed by atoms with E-state index in [1.54, 1.807) is 0 Å². The lowest BCUT2D eigenvalue weighted by Gasteiger charge is -2.44. The molecule has 0 aromatic heterocycles. The van der Waals surface area contributed by atoms with Gasteiger partial charge in [-0.2, -0.15) is 0 Å². The van der Waals surface area contributed by atoms with Crippen molar-refractivity contribution < 1.29 is 0 Å². The van der Waals surface area contributed by atoms with E-state index in [9.17, 15) is 0 Å². The molecule has 2 saturated carbocycles. The lowest BCUT2D eigenvalue weighted by atomic mass is 9.62. The van der Waals surface area contributed by atoms with Crippen LogP contribution in [0.1, 0.15) is 91.9 Å². The first-order valence-electron chi connectivity index (χ1n) is 9.19. The fourth-order valence-electron chi connectivity index (χ4n) is 4.01. The van der Waals surface area contributed by atoms with Gasteiger partial charge in [0.1, 0.15) is 0 Å². The third-order valence-electron chi connectivity index (χ3n) is 5.92. The fourth-order valence-corrected chi connectivity index (χ4v) is 4.01. The van der Waals surface area contributed by atoms with E-state index in [0.29, 0.717) is 10.8 Å². The summed E-state index contributed by atoms with van der Waals surface area (Å²) in [5, 5.41) is 3.85. The van der Waals surface area contributed by atoms with Crippen LogP contribution in [-0.4, -0.2) is 12.6 Å². The minimum Gasteiger partial charge on any atom is -0.313 e. The van der Waals surface area contributed by atoms with E-state index in [2.05, 4.69) is 33.0 Å². The van der Waals surface area contributed by atoms with Gasteiger partial charge in [0.05, 0.1) is 0 Å². The van der Waals surface area contributed by atoms with Gasteiger partial charge in [0.2, 0.25) is 0 Å². The standard InChI is InChI=1S/C19H37N/c1-5-6-7-12-19(15-20-17-8-9-17)13-10-16(11-14-19)18(2,3)4/h16-17,20H,5-15H2,1-4H3. The Morgan fingerprint density at radius 1 is 1.00 bits per heavy atom. The third kappa shape index (κ3) is 4.76. The van der Waals surface area contributed by atoms with Gasteiger partial charge in [0, 0.05) is 12.6 Å². The van der Waals surface area contributed by atoms with Gasteiger partial charge >= 0.3 is 0 Å². The van der Waals surface area contributed by atoms with E-state index in [-0.39, 0.29) is 0 Å². The SMILES string of the molecule is CCCCCC1(CNC2CC2)CCC(C(C)(C)C)CC1. The molecule has 0 bridgehead atoms. The molecule has 0 spiro atoms. The van der Waals surface area contributed by atoms with E-state index >= 15 is 0 Å². The first-order valence-corrected chi connectivity index (χ1v) is 9.19. The molecule has 0 aromatic carbocycles. The second-order valence-electron chi connectivity index (χ2n) is 8.75. The molecule has 2 aliphatic carbocycles. The quantitative estimate of drug-likeness (QED) is 0.603. The molecule has 0 unspecified atom stereocenters. The second kappa shape index (κ2) is 6.81. The van der Waals surface area contributed by atoms with Gasteiger partial charge in [-0.25, -0.2) is 0 Å². The zero-order valence-corrected chi connectivity index (χ0v) is 14.4. The Kier molecular flexibility index (Phi) is 5.56. The van der Waals surface area contributed by atoms with Crippen molar-refractivity contribution in [3.63, 3.8) is 0 Å². The summed E-state index contributed by atoms with van der Waals surface area (Å²) in [6.45, 7) is 10.9. The van der Waals surface area contributed by atoms with Crippen LogP contribution in [0.25, 0.3) is 0 Å². The lowest BCUT2D eigenvalue weighted by molar-refractivity contribution is 0.0773. The maximum absolute atomic E-state index is 3.85. The Balaban J connectivity index is 1.86. The molecule has 20 heavy (non-hydrogen) atoms. The van der Waals surface area contributed by atoms with Gasteiger partial charge in [-0.1, -0.05) is 47.0 Å². The molecule has 0 atom stereocenters. The average molecular weight is 280 g/mol. The van der Waals surface area contributed by atoms with Gasteiger partial charge in [-0.3, -0.25) is 0 Å². The van der Waals surface area contributed by atoms with Crippen molar-refractivity contribution in [2.45, 2.75) is 97.9 Å². The van der Waals surface area contributed by atoms with Crippen molar-refractivity contribution in [3.8, 4) is 0 Å². The molecule has 0 heterocycles. The largest absolute Gasteiger partial charge is 0.313 e. The van der Waals surface area contributed by atoms with E-state index < -0.39 is 0 Å². The van der Waals surface area contributed by atoms with Crippen LogP contribution in [0.4, 0.5) is 0 Å². The van der Waals surface area contributed by atoms with Crippen LogP contribution in [0, 0.1) is 16.7 Å². The third-order valence-corrected chi connectivity index (χ3v) is 5.92. The minimum absolute atomic E-state index is 0.513. The van der Waals surface area contributed by atoms with E-state index in [4.69, 9.17) is 0 Å². The Bertz CT molecular complexity index is 277. The molecule has 1 nitrogen and oxygen atoms in total. The topological polar surface area (TPSA) is 12.0 Å². The first kappa shape index (κ1) is 16.3. The molecule has 2 rings (SSSR count). The Hall–Kier alpha value is -0.0400. The molecule has 1 N–H and O–H groups in total. The summed E-state index contributed by atoms with van der Waals surface area (Å²) in [6.07, 6.45) is 14.4. The predicted molar refractivity (Wildman–Crippen MR) is 89.0 cm³/mol. The summed E-state index contributed by atoms with van der Waals surface area (Å²) in [7, 11) is 0. The van der Waals surface area contributed by atoms with Gasteiger partial charge in [-0.15, -0.1) is 0 Å². The average Bonchev–Trinajstić information content (AvgIpc) is 3.20. The van der Waals surface area contributed by atoms with Crippen LogP contribution in [0.3, 0.4) is 0 Å². The molecule has 118 valence electrons. The predicted octanol–water partition coefficient (Wildman–Crippen LogP) is 5.54.